The lowest BCUT2D eigenvalue weighted by atomic mass is 10.1. The van der Waals surface area contributed by atoms with Crippen LogP contribution in [0.15, 0.2) is 53.1 Å². The number of aryl methyl sites for hydroxylation is 1. The van der Waals surface area contributed by atoms with Crippen molar-refractivity contribution in [2.24, 2.45) is 7.05 Å². The van der Waals surface area contributed by atoms with Gasteiger partial charge in [0.1, 0.15) is 5.69 Å². The van der Waals surface area contributed by atoms with Crippen LogP contribution in [-0.2, 0) is 7.05 Å². The van der Waals surface area contributed by atoms with Gasteiger partial charge in [-0.2, -0.15) is 5.10 Å². The van der Waals surface area contributed by atoms with Gasteiger partial charge in [0, 0.05) is 37.6 Å². The average molecular weight is 350 g/mol. The first-order chi connectivity index (χ1) is 12.7. The fraction of sp³-hybridized carbons (Fsp3) is 0.300. The zero-order chi connectivity index (χ0) is 17.9. The zero-order valence-electron chi connectivity index (χ0n) is 14.8. The summed E-state index contributed by atoms with van der Waals surface area (Å²) in [5, 5.41) is 7.20. The standard InChI is InChI=1S/C20H22N4O2/c1-23-18(19-6-5-13-26-19)14-17(22-23)20(25)21-15-7-9-16(10-8-15)24-11-3-2-4-12-24/h5-10,13-14H,2-4,11-12H2,1H3,(H,21,25). The van der Waals surface area contributed by atoms with E-state index in [4.69, 9.17) is 4.42 Å². The molecule has 6 nitrogen and oxygen atoms in total. The van der Waals surface area contributed by atoms with Crippen molar-refractivity contribution in [3.05, 3.63) is 54.4 Å². The number of nitrogens with zero attached hydrogens (tertiary/aromatic N) is 3. The normalized spacial score (nSPS) is 14.4. The van der Waals surface area contributed by atoms with Gasteiger partial charge in [-0.15, -0.1) is 0 Å². The quantitative estimate of drug-likeness (QED) is 0.774. The molecule has 1 amide bonds. The van der Waals surface area contributed by atoms with Crippen molar-refractivity contribution < 1.29 is 9.21 Å². The number of piperidine rings is 1. The molecule has 4 rings (SSSR count). The van der Waals surface area contributed by atoms with Gasteiger partial charge in [0.15, 0.2) is 11.5 Å². The van der Waals surface area contributed by atoms with E-state index in [1.165, 1.54) is 24.9 Å². The van der Waals surface area contributed by atoms with Crippen molar-refractivity contribution in [2.75, 3.05) is 23.3 Å². The van der Waals surface area contributed by atoms with Gasteiger partial charge in [0.05, 0.1) is 6.26 Å². The molecule has 1 aliphatic rings. The Kier molecular flexibility index (Phi) is 4.48. The number of hydrogen-bond acceptors (Lipinski definition) is 4. The minimum absolute atomic E-state index is 0.232. The van der Waals surface area contributed by atoms with E-state index < -0.39 is 0 Å². The highest BCUT2D eigenvalue weighted by atomic mass is 16.3. The van der Waals surface area contributed by atoms with Crippen molar-refractivity contribution >= 4 is 17.3 Å². The SMILES string of the molecule is Cn1nc(C(=O)Nc2ccc(N3CCCCC3)cc2)cc1-c1ccco1. The maximum atomic E-state index is 12.5. The van der Waals surface area contributed by atoms with Gasteiger partial charge in [0.25, 0.3) is 5.91 Å². The Balaban J connectivity index is 1.45. The molecule has 1 N–H and O–H groups in total. The molecule has 2 aromatic heterocycles. The van der Waals surface area contributed by atoms with E-state index in [9.17, 15) is 4.79 Å². The van der Waals surface area contributed by atoms with Gasteiger partial charge in [-0.05, 0) is 55.7 Å². The molecule has 3 heterocycles. The first-order valence-electron chi connectivity index (χ1n) is 8.95. The molecule has 0 aliphatic carbocycles. The summed E-state index contributed by atoms with van der Waals surface area (Å²) in [6, 6.07) is 13.4. The minimum Gasteiger partial charge on any atom is -0.463 e. The summed E-state index contributed by atoms with van der Waals surface area (Å²) in [4.78, 5) is 14.9. The molecule has 0 unspecified atom stereocenters. The van der Waals surface area contributed by atoms with E-state index in [2.05, 4.69) is 27.4 Å². The molecule has 0 bridgehead atoms. The van der Waals surface area contributed by atoms with Crippen molar-refractivity contribution in [3.63, 3.8) is 0 Å². The third kappa shape index (κ3) is 3.35. The molecule has 0 spiro atoms. The molecule has 1 saturated heterocycles. The van der Waals surface area contributed by atoms with E-state index >= 15 is 0 Å². The van der Waals surface area contributed by atoms with Gasteiger partial charge in [-0.25, -0.2) is 0 Å². The van der Waals surface area contributed by atoms with Crippen LogP contribution >= 0.6 is 0 Å². The highest BCUT2D eigenvalue weighted by Crippen LogP contribution is 2.23. The first kappa shape index (κ1) is 16.4. The van der Waals surface area contributed by atoms with E-state index in [0.29, 0.717) is 11.5 Å². The van der Waals surface area contributed by atoms with Gasteiger partial charge < -0.3 is 14.6 Å². The van der Waals surface area contributed by atoms with Crippen LogP contribution < -0.4 is 10.2 Å². The molecule has 0 saturated carbocycles. The fourth-order valence-electron chi connectivity index (χ4n) is 3.34. The molecule has 26 heavy (non-hydrogen) atoms. The maximum Gasteiger partial charge on any atom is 0.276 e. The third-order valence-electron chi connectivity index (χ3n) is 4.73. The van der Waals surface area contributed by atoms with Crippen molar-refractivity contribution in [3.8, 4) is 11.5 Å². The number of hydrogen-bond donors (Lipinski definition) is 1. The average Bonchev–Trinajstić information content (AvgIpc) is 3.32. The summed E-state index contributed by atoms with van der Waals surface area (Å²) in [5.41, 5.74) is 3.10. The largest absolute Gasteiger partial charge is 0.463 e. The Morgan fingerprint density at radius 3 is 2.58 bits per heavy atom. The van der Waals surface area contributed by atoms with Gasteiger partial charge in [-0.1, -0.05) is 0 Å². The number of carbonyl (C=O) groups excluding carboxylic acids is 1. The molecular formula is C20H22N4O2. The predicted octanol–water partition coefficient (Wildman–Crippen LogP) is 3.92. The van der Waals surface area contributed by atoms with Crippen LogP contribution in [0, 0.1) is 0 Å². The number of nitrogens with one attached hydrogen (secondary N) is 1. The van der Waals surface area contributed by atoms with Crippen LogP contribution in [0.25, 0.3) is 11.5 Å². The number of aromatic nitrogens is 2. The van der Waals surface area contributed by atoms with Crippen LogP contribution in [0.3, 0.4) is 0 Å². The van der Waals surface area contributed by atoms with Crippen LogP contribution in [0.1, 0.15) is 29.8 Å². The lowest BCUT2D eigenvalue weighted by Gasteiger charge is -2.28. The second-order valence-corrected chi connectivity index (χ2v) is 6.56. The monoisotopic (exact) mass is 350 g/mol. The second kappa shape index (κ2) is 7.07. The lowest BCUT2D eigenvalue weighted by molar-refractivity contribution is 0.102. The Labute approximate surface area is 152 Å². The van der Waals surface area contributed by atoms with E-state index in [0.717, 1.165) is 24.5 Å². The topological polar surface area (TPSA) is 63.3 Å². The molecule has 1 aliphatic heterocycles. The van der Waals surface area contributed by atoms with Crippen molar-refractivity contribution in [1.29, 1.82) is 0 Å². The number of amides is 1. The summed E-state index contributed by atoms with van der Waals surface area (Å²) in [6.07, 6.45) is 5.41. The van der Waals surface area contributed by atoms with Crippen LogP contribution in [-0.4, -0.2) is 28.8 Å². The predicted molar refractivity (Wildman–Crippen MR) is 101 cm³/mol. The lowest BCUT2D eigenvalue weighted by Crippen LogP contribution is -2.29. The number of rotatable bonds is 4. The highest BCUT2D eigenvalue weighted by Gasteiger charge is 2.16. The van der Waals surface area contributed by atoms with E-state index in [1.54, 1.807) is 24.1 Å². The number of benzene rings is 1. The number of anilines is 2. The van der Waals surface area contributed by atoms with Gasteiger partial charge >= 0.3 is 0 Å². The molecule has 1 aromatic carbocycles. The highest BCUT2D eigenvalue weighted by molar-refractivity contribution is 6.03. The van der Waals surface area contributed by atoms with Crippen LogP contribution in [0.5, 0.6) is 0 Å². The van der Waals surface area contributed by atoms with Crippen molar-refractivity contribution in [2.45, 2.75) is 19.3 Å². The van der Waals surface area contributed by atoms with Crippen molar-refractivity contribution in [1.82, 2.24) is 9.78 Å². The molecule has 134 valence electrons. The molecule has 0 radical (unpaired) electrons. The van der Waals surface area contributed by atoms with Crippen LogP contribution in [0.2, 0.25) is 0 Å². The molecule has 3 aromatic rings. The molecule has 1 fully saturated rings. The Morgan fingerprint density at radius 2 is 1.88 bits per heavy atom. The molecule has 6 heteroatoms. The van der Waals surface area contributed by atoms with E-state index in [1.807, 2.05) is 24.3 Å². The summed E-state index contributed by atoms with van der Waals surface area (Å²) in [7, 11) is 1.79. The smallest absolute Gasteiger partial charge is 0.276 e. The summed E-state index contributed by atoms with van der Waals surface area (Å²) in [5.74, 6) is 0.453. The number of furan rings is 1. The van der Waals surface area contributed by atoms with Gasteiger partial charge in [-0.3, -0.25) is 9.48 Å². The molecule has 0 atom stereocenters. The Hall–Kier alpha value is -3.02. The minimum atomic E-state index is -0.232. The fourth-order valence-corrected chi connectivity index (χ4v) is 3.34. The second-order valence-electron chi connectivity index (χ2n) is 6.56. The van der Waals surface area contributed by atoms with Gasteiger partial charge in [0.2, 0.25) is 0 Å². The Morgan fingerprint density at radius 1 is 1.12 bits per heavy atom. The maximum absolute atomic E-state index is 12.5. The molecular weight excluding hydrogens is 328 g/mol. The zero-order valence-corrected chi connectivity index (χ0v) is 14.8. The summed E-state index contributed by atoms with van der Waals surface area (Å²) < 4.78 is 7.03. The summed E-state index contributed by atoms with van der Waals surface area (Å²) >= 11 is 0. The van der Waals surface area contributed by atoms with E-state index in [-0.39, 0.29) is 5.91 Å². The summed E-state index contributed by atoms with van der Waals surface area (Å²) in [6.45, 7) is 2.21. The third-order valence-corrected chi connectivity index (χ3v) is 4.73. The number of carbonyl (C=O) groups is 1. The first-order valence-corrected chi connectivity index (χ1v) is 8.95. The van der Waals surface area contributed by atoms with Crippen LogP contribution in [0.4, 0.5) is 11.4 Å². The Bertz CT molecular complexity index is 875.